The number of aromatic nitrogens is 1. The normalized spacial score (nSPS) is 11.4. The van der Waals surface area contributed by atoms with Gasteiger partial charge in [-0.3, -0.25) is 9.59 Å². The van der Waals surface area contributed by atoms with Gasteiger partial charge in [0.15, 0.2) is 0 Å². The van der Waals surface area contributed by atoms with Gasteiger partial charge in [0.2, 0.25) is 11.7 Å². The zero-order valence-corrected chi connectivity index (χ0v) is 20.1. The van der Waals surface area contributed by atoms with Crippen LogP contribution in [0.2, 0.25) is 0 Å². The third kappa shape index (κ3) is 4.17. The quantitative estimate of drug-likeness (QED) is 0.363. The van der Waals surface area contributed by atoms with Crippen molar-refractivity contribution in [1.29, 1.82) is 0 Å². The number of nitrogens with one attached hydrogen (secondary N) is 1. The van der Waals surface area contributed by atoms with Crippen LogP contribution in [0.15, 0.2) is 82.2 Å². The van der Waals surface area contributed by atoms with Gasteiger partial charge in [-0.2, -0.15) is 0 Å². The number of carbonyl (C=O) groups is 2. The van der Waals surface area contributed by atoms with Crippen LogP contribution in [0.4, 0.5) is 5.69 Å². The molecule has 1 amide bonds. The molecule has 0 aliphatic rings. The van der Waals surface area contributed by atoms with E-state index in [1.54, 1.807) is 42.5 Å². The fraction of sp³-hybridized carbons (Fsp3) is 0.0833. The largest absolute Gasteiger partial charge is 0.495 e. The predicted octanol–water partition coefficient (Wildman–Crippen LogP) is 4.84. The minimum atomic E-state index is -4.09. The van der Waals surface area contributed by atoms with E-state index >= 15 is 0 Å². The molecule has 4 rings (SSSR count). The lowest BCUT2D eigenvalue weighted by molar-refractivity contribution is -0.114. The van der Waals surface area contributed by atoms with Gasteiger partial charge in [0.1, 0.15) is 11.4 Å². The van der Waals surface area contributed by atoms with Crippen LogP contribution >= 0.6 is 15.9 Å². The van der Waals surface area contributed by atoms with Crippen LogP contribution < -0.4 is 10.1 Å². The van der Waals surface area contributed by atoms with Gasteiger partial charge in [-0.15, -0.1) is 0 Å². The molecule has 0 fully saturated rings. The summed E-state index contributed by atoms with van der Waals surface area (Å²) in [5.41, 5.74) is 0.647. The van der Waals surface area contributed by atoms with Gasteiger partial charge in [0.05, 0.1) is 27.7 Å². The van der Waals surface area contributed by atoms with Gasteiger partial charge in [-0.05, 0) is 46.3 Å². The van der Waals surface area contributed by atoms with Crippen molar-refractivity contribution < 1.29 is 22.7 Å². The minimum Gasteiger partial charge on any atom is -0.495 e. The molecule has 9 heteroatoms. The topological polar surface area (TPSA) is 94.5 Å². The van der Waals surface area contributed by atoms with Crippen molar-refractivity contribution in [1.82, 2.24) is 3.97 Å². The molecule has 0 saturated carbocycles. The lowest BCUT2D eigenvalue weighted by Crippen LogP contribution is -2.20. The third-order valence-corrected chi connectivity index (χ3v) is 7.39. The maximum Gasteiger partial charge on any atom is 0.268 e. The van der Waals surface area contributed by atoms with Crippen LogP contribution in [0.1, 0.15) is 23.0 Å². The lowest BCUT2D eigenvalue weighted by Gasteiger charge is -2.15. The molecule has 0 radical (unpaired) electrons. The number of halogens is 1. The number of carbonyl (C=O) groups excluding carboxylic acids is 2. The van der Waals surface area contributed by atoms with Crippen molar-refractivity contribution in [3.63, 3.8) is 0 Å². The van der Waals surface area contributed by atoms with E-state index in [0.717, 1.165) is 3.97 Å². The first-order valence-electron chi connectivity index (χ1n) is 9.85. The maximum atomic E-state index is 13.8. The van der Waals surface area contributed by atoms with Crippen LogP contribution in [0.3, 0.4) is 0 Å². The number of anilines is 1. The van der Waals surface area contributed by atoms with Crippen LogP contribution in [0, 0.1) is 0 Å². The molecule has 4 aromatic rings. The average molecular weight is 527 g/mol. The number of ketones is 1. The van der Waals surface area contributed by atoms with Crippen LogP contribution in [0.25, 0.3) is 10.9 Å². The van der Waals surface area contributed by atoms with Gasteiger partial charge >= 0.3 is 0 Å². The summed E-state index contributed by atoms with van der Waals surface area (Å²) < 4.78 is 34.0. The summed E-state index contributed by atoms with van der Waals surface area (Å²) in [4.78, 5) is 25.6. The standard InChI is InChI=1S/C24H19BrN2O5S/c1-15(28)26-20-14-23(32-2)19(25)13-18(20)24(29)22-12-16-8-6-7-11-21(16)27(22)33(30,31)17-9-4-3-5-10-17/h3-14H,1-2H3,(H,26,28). The van der Waals surface area contributed by atoms with Crippen LogP contribution in [-0.4, -0.2) is 31.2 Å². The van der Waals surface area contributed by atoms with Gasteiger partial charge in [-0.1, -0.05) is 36.4 Å². The Hall–Kier alpha value is -3.43. The molecule has 0 spiro atoms. The number of methoxy groups -OCH3 is 1. The first kappa shape index (κ1) is 22.8. The molecule has 0 unspecified atom stereocenters. The number of nitrogens with zero attached hydrogens (tertiary/aromatic N) is 1. The van der Waals surface area contributed by atoms with E-state index in [4.69, 9.17) is 4.74 Å². The number of para-hydroxylation sites is 1. The third-order valence-electron chi connectivity index (χ3n) is 5.03. The smallest absolute Gasteiger partial charge is 0.268 e. The average Bonchev–Trinajstić information content (AvgIpc) is 3.20. The van der Waals surface area contributed by atoms with Crippen molar-refractivity contribution in [2.45, 2.75) is 11.8 Å². The molecule has 33 heavy (non-hydrogen) atoms. The van der Waals surface area contributed by atoms with Gasteiger partial charge in [0, 0.05) is 23.9 Å². The maximum absolute atomic E-state index is 13.8. The molecule has 1 aromatic heterocycles. The van der Waals surface area contributed by atoms with E-state index in [2.05, 4.69) is 21.2 Å². The Morgan fingerprint density at radius 3 is 2.30 bits per heavy atom. The summed E-state index contributed by atoms with van der Waals surface area (Å²) in [7, 11) is -2.63. The summed E-state index contributed by atoms with van der Waals surface area (Å²) >= 11 is 3.36. The number of hydrogen-bond acceptors (Lipinski definition) is 5. The van der Waals surface area contributed by atoms with E-state index in [0.29, 0.717) is 21.1 Å². The van der Waals surface area contributed by atoms with Crippen molar-refractivity contribution in [2.75, 3.05) is 12.4 Å². The van der Waals surface area contributed by atoms with E-state index in [1.165, 1.54) is 44.4 Å². The summed E-state index contributed by atoms with van der Waals surface area (Å²) in [6.07, 6.45) is 0. The molecule has 168 valence electrons. The Kier molecular flexibility index (Phi) is 6.09. The molecule has 0 aliphatic carbocycles. The van der Waals surface area contributed by atoms with Crippen LogP contribution in [0.5, 0.6) is 5.75 Å². The number of hydrogen-bond donors (Lipinski definition) is 1. The van der Waals surface area contributed by atoms with Gasteiger partial charge < -0.3 is 10.1 Å². The number of amides is 1. The number of ether oxygens (including phenoxy) is 1. The summed E-state index contributed by atoms with van der Waals surface area (Å²) in [6.45, 7) is 1.32. The fourth-order valence-electron chi connectivity index (χ4n) is 3.57. The molecule has 0 bridgehead atoms. The molecular formula is C24H19BrN2O5S. The number of benzene rings is 3. The lowest BCUT2D eigenvalue weighted by atomic mass is 10.1. The SMILES string of the molecule is COc1cc(NC(C)=O)c(C(=O)c2cc3ccccc3n2S(=O)(=O)c2ccccc2)cc1Br. The Bertz CT molecular complexity index is 1490. The Balaban J connectivity index is 1.99. The summed E-state index contributed by atoms with van der Waals surface area (Å²) in [5, 5.41) is 3.22. The van der Waals surface area contributed by atoms with E-state index in [-0.39, 0.29) is 27.7 Å². The predicted molar refractivity (Wildman–Crippen MR) is 129 cm³/mol. The van der Waals surface area contributed by atoms with Crippen molar-refractivity contribution >= 4 is 54.2 Å². The van der Waals surface area contributed by atoms with Crippen molar-refractivity contribution in [2.24, 2.45) is 0 Å². The highest BCUT2D eigenvalue weighted by Crippen LogP contribution is 2.34. The first-order chi connectivity index (χ1) is 15.7. The molecular weight excluding hydrogens is 508 g/mol. The monoisotopic (exact) mass is 526 g/mol. The second-order valence-electron chi connectivity index (χ2n) is 7.21. The highest BCUT2D eigenvalue weighted by molar-refractivity contribution is 9.10. The highest BCUT2D eigenvalue weighted by atomic mass is 79.9. The molecule has 1 N–H and O–H groups in total. The highest BCUT2D eigenvalue weighted by Gasteiger charge is 2.28. The minimum absolute atomic E-state index is 0.0521. The molecule has 0 aliphatic heterocycles. The molecule has 0 saturated heterocycles. The number of fused-ring (bicyclic) bond motifs is 1. The zero-order valence-electron chi connectivity index (χ0n) is 17.7. The second kappa shape index (κ2) is 8.84. The Labute approximate surface area is 199 Å². The zero-order chi connectivity index (χ0) is 23.8. The fourth-order valence-corrected chi connectivity index (χ4v) is 5.61. The van der Waals surface area contributed by atoms with Crippen molar-refractivity contribution in [3.8, 4) is 5.75 Å². The van der Waals surface area contributed by atoms with E-state index in [9.17, 15) is 18.0 Å². The van der Waals surface area contributed by atoms with E-state index < -0.39 is 15.8 Å². The van der Waals surface area contributed by atoms with E-state index in [1.807, 2.05) is 0 Å². The Morgan fingerprint density at radius 2 is 1.64 bits per heavy atom. The Morgan fingerprint density at radius 1 is 0.970 bits per heavy atom. The second-order valence-corrected chi connectivity index (χ2v) is 9.85. The summed E-state index contributed by atoms with van der Waals surface area (Å²) in [6, 6.07) is 19.3. The molecule has 7 nitrogen and oxygen atoms in total. The molecule has 0 atom stereocenters. The molecule has 3 aromatic carbocycles. The van der Waals surface area contributed by atoms with Gasteiger partial charge in [0.25, 0.3) is 10.0 Å². The van der Waals surface area contributed by atoms with Crippen LogP contribution in [-0.2, 0) is 14.8 Å². The first-order valence-corrected chi connectivity index (χ1v) is 12.1. The molecule has 1 heterocycles. The number of rotatable bonds is 6. The van der Waals surface area contributed by atoms with Crippen molar-refractivity contribution in [3.05, 3.63) is 88.5 Å². The van der Waals surface area contributed by atoms with Gasteiger partial charge in [-0.25, -0.2) is 12.4 Å². The summed E-state index contributed by atoms with van der Waals surface area (Å²) in [5.74, 6) is -0.545.